The summed E-state index contributed by atoms with van der Waals surface area (Å²) in [5.74, 6) is 0.375. The van der Waals surface area contributed by atoms with Gasteiger partial charge in [0.2, 0.25) is 5.75 Å². The van der Waals surface area contributed by atoms with E-state index < -0.39 is 4.92 Å². The smallest absolute Gasteiger partial charge is 0.312 e. The van der Waals surface area contributed by atoms with Gasteiger partial charge in [0.15, 0.2) is 0 Å². The number of hydrogen-bond donors (Lipinski definition) is 0. The molecule has 0 spiro atoms. The molecule has 0 aliphatic carbocycles. The zero-order valence-corrected chi connectivity index (χ0v) is 12.0. The van der Waals surface area contributed by atoms with Crippen molar-refractivity contribution in [1.82, 2.24) is 0 Å². The van der Waals surface area contributed by atoms with E-state index in [-0.39, 0.29) is 22.6 Å². The maximum atomic E-state index is 11.1. The lowest BCUT2D eigenvalue weighted by atomic mass is 10.1. The summed E-state index contributed by atoms with van der Waals surface area (Å²) >= 11 is 0. The molecule has 0 heterocycles. The quantitative estimate of drug-likeness (QED) is 0.633. The van der Waals surface area contributed by atoms with Crippen LogP contribution in [-0.4, -0.2) is 4.92 Å². The van der Waals surface area contributed by atoms with Crippen molar-refractivity contribution < 1.29 is 9.66 Å². The van der Waals surface area contributed by atoms with Crippen molar-refractivity contribution in [3.63, 3.8) is 0 Å². The van der Waals surface area contributed by atoms with Crippen LogP contribution in [0.15, 0.2) is 30.3 Å². The Bertz CT molecular complexity index is 825. The highest BCUT2D eigenvalue weighted by Crippen LogP contribution is 2.34. The molecule has 0 N–H and O–H groups in total. The molecule has 0 aliphatic heterocycles. The first kappa shape index (κ1) is 15.0. The van der Waals surface area contributed by atoms with Gasteiger partial charge in [0, 0.05) is 12.1 Å². The molecule has 108 valence electrons. The van der Waals surface area contributed by atoms with Crippen LogP contribution in [0.4, 0.5) is 5.69 Å². The molecule has 0 amide bonds. The summed E-state index contributed by atoms with van der Waals surface area (Å²) in [4.78, 5) is 10.5. The first-order valence-electron chi connectivity index (χ1n) is 6.33. The van der Waals surface area contributed by atoms with Gasteiger partial charge in [-0.3, -0.25) is 10.1 Å². The molecule has 6 nitrogen and oxygen atoms in total. The number of nitriles is 2. The lowest BCUT2D eigenvalue weighted by Crippen LogP contribution is -1.97. The molecule has 0 bridgehead atoms. The summed E-state index contributed by atoms with van der Waals surface area (Å²) in [7, 11) is 0. The molecule has 22 heavy (non-hydrogen) atoms. The van der Waals surface area contributed by atoms with Crippen LogP contribution in [0.5, 0.6) is 11.5 Å². The highest BCUT2D eigenvalue weighted by atomic mass is 16.6. The first-order valence-corrected chi connectivity index (χ1v) is 6.33. The summed E-state index contributed by atoms with van der Waals surface area (Å²) in [6, 6.07) is 11.3. The van der Waals surface area contributed by atoms with Gasteiger partial charge < -0.3 is 4.74 Å². The van der Waals surface area contributed by atoms with Gasteiger partial charge in [-0.25, -0.2) is 0 Å². The van der Waals surface area contributed by atoms with E-state index in [1.54, 1.807) is 18.2 Å². The number of nitro benzene ring substituents is 1. The summed E-state index contributed by atoms with van der Waals surface area (Å²) < 4.78 is 5.57. The van der Waals surface area contributed by atoms with E-state index in [0.717, 1.165) is 17.2 Å². The Kier molecular flexibility index (Phi) is 4.06. The molecule has 2 aromatic rings. The zero-order valence-electron chi connectivity index (χ0n) is 12.0. The Morgan fingerprint density at radius 2 is 1.55 bits per heavy atom. The van der Waals surface area contributed by atoms with E-state index in [1.165, 1.54) is 6.07 Å². The van der Waals surface area contributed by atoms with Gasteiger partial charge in [0.25, 0.3) is 0 Å². The number of rotatable bonds is 3. The van der Waals surface area contributed by atoms with Gasteiger partial charge in [0.1, 0.15) is 17.9 Å². The summed E-state index contributed by atoms with van der Waals surface area (Å²) in [6.45, 7) is 3.77. The van der Waals surface area contributed by atoms with Crippen molar-refractivity contribution in [3.8, 4) is 23.6 Å². The fraction of sp³-hybridized carbons (Fsp3) is 0.125. The van der Waals surface area contributed by atoms with Crippen molar-refractivity contribution in [2.24, 2.45) is 0 Å². The average Bonchev–Trinajstić information content (AvgIpc) is 2.45. The number of hydrogen-bond acceptors (Lipinski definition) is 5. The Hall–Kier alpha value is -3.38. The normalized spacial score (nSPS) is 9.64. The Labute approximate surface area is 126 Å². The van der Waals surface area contributed by atoms with Crippen LogP contribution in [-0.2, 0) is 0 Å². The number of nitrogens with zero attached hydrogens (tertiary/aromatic N) is 3. The largest absolute Gasteiger partial charge is 0.450 e. The van der Waals surface area contributed by atoms with E-state index in [2.05, 4.69) is 0 Å². The van der Waals surface area contributed by atoms with Crippen LogP contribution in [0.1, 0.15) is 22.3 Å². The van der Waals surface area contributed by atoms with Gasteiger partial charge in [-0.1, -0.05) is 6.07 Å². The minimum atomic E-state index is -0.639. The number of ether oxygens (including phenoxy) is 1. The van der Waals surface area contributed by atoms with Gasteiger partial charge >= 0.3 is 5.69 Å². The van der Waals surface area contributed by atoms with Crippen molar-refractivity contribution >= 4 is 5.69 Å². The number of aryl methyl sites for hydroxylation is 2. The van der Waals surface area contributed by atoms with E-state index in [0.29, 0.717) is 5.75 Å². The molecule has 0 aliphatic rings. The first-order chi connectivity index (χ1) is 10.4. The topological polar surface area (TPSA) is 99.9 Å². The van der Waals surface area contributed by atoms with Gasteiger partial charge in [-0.2, -0.15) is 10.5 Å². The van der Waals surface area contributed by atoms with Crippen LogP contribution in [0, 0.1) is 46.6 Å². The van der Waals surface area contributed by atoms with Crippen LogP contribution in [0.2, 0.25) is 0 Å². The average molecular weight is 293 g/mol. The third-order valence-electron chi connectivity index (χ3n) is 2.96. The highest BCUT2D eigenvalue weighted by molar-refractivity contribution is 5.60. The minimum Gasteiger partial charge on any atom is -0.450 e. The summed E-state index contributed by atoms with van der Waals surface area (Å²) in [5.41, 5.74) is 1.53. The third kappa shape index (κ3) is 3.02. The second kappa shape index (κ2) is 5.94. The van der Waals surface area contributed by atoms with E-state index in [4.69, 9.17) is 15.3 Å². The van der Waals surface area contributed by atoms with Gasteiger partial charge in [0.05, 0.1) is 16.1 Å². The molecule has 0 saturated carbocycles. The lowest BCUT2D eigenvalue weighted by molar-refractivity contribution is -0.385. The molecule has 0 radical (unpaired) electrons. The van der Waals surface area contributed by atoms with Crippen molar-refractivity contribution in [2.75, 3.05) is 0 Å². The number of benzene rings is 2. The summed E-state index contributed by atoms with van der Waals surface area (Å²) in [6.07, 6.45) is 0. The molecular weight excluding hydrogens is 282 g/mol. The van der Waals surface area contributed by atoms with Crippen LogP contribution in [0.25, 0.3) is 0 Å². The van der Waals surface area contributed by atoms with Gasteiger partial charge in [-0.05, 0) is 37.1 Å². The molecule has 2 rings (SSSR count). The maximum absolute atomic E-state index is 11.1. The molecule has 0 fully saturated rings. The molecular formula is C16H11N3O3. The SMILES string of the molecule is Cc1cc(C)cc(Oc2cc(C#N)c(C#N)cc2[N+](=O)[O-])c1. The minimum absolute atomic E-state index is 0.0347. The van der Waals surface area contributed by atoms with Crippen LogP contribution >= 0.6 is 0 Å². The molecule has 0 unspecified atom stereocenters. The fourth-order valence-corrected chi connectivity index (χ4v) is 2.10. The van der Waals surface area contributed by atoms with Gasteiger partial charge in [-0.15, -0.1) is 0 Å². The molecule has 0 atom stereocenters. The Morgan fingerprint density at radius 3 is 2.05 bits per heavy atom. The maximum Gasteiger partial charge on any atom is 0.312 e. The lowest BCUT2D eigenvalue weighted by Gasteiger charge is -2.09. The molecule has 6 heteroatoms. The van der Waals surface area contributed by atoms with E-state index >= 15 is 0 Å². The Balaban J connectivity index is 2.56. The second-order valence-electron chi connectivity index (χ2n) is 4.77. The van der Waals surface area contributed by atoms with E-state index in [1.807, 2.05) is 26.0 Å². The molecule has 0 aromatic heterocycles. The van der Waals surface area contributed by atoms with Crippen LogP contribution in [0.3, 0.4) is 0 Å². The third-order valence-corrected chi connectivity index (χ3v) is 2.96. The predicted octanol–water partition coefficient (Wildman–Crippen LogP) is 3.75. The Morgan fingerprint density at radius 1 is 1.00 bits per heavy atom. The van der Waals surface area contributed by atoms with Crippen molar-refractivity contribution in [3.05, 3.63) is 62.7 Å². The summed E-state index contributed by atoms with van der Waals surface area (Å²) in [5, 5.41) is 29.1. The number of nitro groups is 1. The molecule has 2 aromatic carbocycles. The fourth-order valence-electron chi connectivity index (χ4n) is 2.10. The second-order valence-corrected chi connectivity index (χ2v) is 4.77. The van der Waals surface area contributed by atoms with Crippen LogP contribution < -0.4 is 4.74 Å². The monoisotopic (exact) mass is 293 g/mol. The zero-order chi connectivity index (χ0) is 16.3. The van der Waals surface area contributed by atoms with Crippen molar-refractivity contribution in [1.29, 1.82) is 10.5 Å². The van der Waals surface area contributed by atoms with E-state index in [9.17, 15) is 10.1 Å². The van der Waals surface area contributed by atoms with Crippen molar-refractivity contribution in [2.45, 2.75) is 13.8 Å². The standard InChI is InChI=1S/C16H11N3O3/c1-10-3-11(2)5-14(4-10)22-16-7-13(9-18)12(8-17)6-15(16)19(20)21/h3-7H,1-2H3. The molecule has 0 saturated heterocycles. The highest BCUT2D eigenvalue weighted by Gasteiger charge is 2.20. The predicted molar refractivity (Wildman–Crippen MR) is 78.5 cm³/mol.